The zero-order valence-corrected chi connectivity index (χ0v) is 14.9. The lowest BCUT2D eigenvalue weighted by Crippen LogP contribution is -2.25. The highest BCUT2D eigenvalue weighted by Gasteiger charge is 2.49. The molecule has 0 saturated heterocycles. The second-order valence-electron chi connectivity index (χ2n) is 6.65. The van der Waals surface area contributed by atoms with Crippen molar-refractivity contribution in [1.29, 1.82) is 0 Å². The summed E-state index contributed by atoms with van der Waals surface area (Å²) in [6.45, 7) is 0.470. The number of benzene rings is 1. The summed E-state index contributed by atoms with van der Waals surface area (Å²) in [5.74, 6) is -1.87. The van der Waals surface area contributed by atoms with Gasteiger partial charge in [0.2, 0.25) is 5.91 Å². The van der Waals surface area contributed by atoms with Crippen LogP contribution in [-0.4, -0.2) is 40.5 Å². The molecule has 150 valence electrons. The maximum absolute atomic E-state index is 13.3. The van der Waals surface area contributed by atoms with E-state index in [0.717, 1.165) is 12.8 Å². The normalized spacial score (nSPS) is 15.3. The van der Waals surface area contributed by atoms with Crippen LogP contribution in [0.4, 0.5) is 18.9 Å². The van der Waals surface area contributed by atoms with Gasteiger partial charge in [0, 0.05) is 19.4 Å². The molecule has 0 spiro atoms. The highest BCUT2D eigenvalue weighted by molar-refractivity contribution is 5.97. The van der Waals surface area contributed by atoms with Gasteiger partial charge in [-0.15, -0.1) is 0 Å². The van der Waals surface area contributed by atoms with Gasteiger partial charge in [-0.25, -0.2) is 9.48 Å². The lowest BCUT2D eigenvalue weighted by atomic mass is 10.0. The van der Waals surface area contributed by atoms with E-state index in [1.807, 2.05) is 0 Å². The van der Waals surface area contributed by atoms with Gasteiger partial charge in [-0.2, -0.15) is 18.3 Å². The van der Waals surface area contributed by atoms with Gasteiger partial charge in [-0.05, 0) is 43.5 Å². The second kappa shape index (κ2) is 7.27. The standard InChI is InChI=1S/C18H18F3N3O4/c1-28-9-8-17(6-7-17)16(27)23-11-2-4-12(5-3-11)24-14(18(19,20)21)13(10-22-24)15(25)26/h2-5,10H,6-9H2,1H3,(H,23,27)(H,25,26). The Morgan fingerprint density at radius 3 is 2.43 bits per heavy atom. The predicted octanol–water partition coefficient (Wildman–Crippen LogP) is 3.34. The molecule has 7 nitrogen and oxygen atoms in total. The number of aromatic carboxylic acids is 1. The van der Waals surface area contributed by atoms with Crippen molar-refractivity contribution in [3.63, 3.8) is 0 Å². The largest absolute Gasteiger partial charge is 0.478 e. The fraction of sp³-hybridized carbons (Fsp3) is 0.389. The van der Waals surface area contributed by atoms with Gasteiger partial charge in [-0.3, -0.25) is 4.79 Å². The summed E-state index contributed by atoms with van der Waals surface area (Å²) in [6, 6.07) is 5.56. The number of carbonyl (C=O) groups excluding carboxylic acids is 1. The minimum atomic E-state index is -4.89. The Balaban J connectivity index is 1.80. The lowest BCUT2D eigenvalue weighted by Gasteiger charge is -2.15. The third-order valence-electron chi connectivity index (χ3n) is 4.76. The Hall–Kier alpha value is -2.88. The molecule has 1 heterocycles. The number of anilines is 1. The average Bonchev–Trinajstić information content (AvgIpc) is 3.28. The number of carboxylic acids is 1. The number of methoxy groups -OCH3 is 1. The molecule has 0 radical (unpaired) electrons. The van der Waals surface area contributed by atoms with Gasteiger partial charge in [0.15, 0.2) is 5.69 Å². The van der Waals surface area contributed by atoms with Crippen molar-refractivity contribution in [1.82, 2.24) is 9.78 Å². The summed E-state index contributed by atoms with van der Waals surface area (Å²) >= 11 is 0. The van der Waals surface area contributed by atoms with Crippen LogP contribution in [0.1, 0.15) is 35.3 Å². The lowest BCUT2D eigenvalue weighted by molar-refractivity contribution is -0.143. The number of hydrogen-bond acceptors (Lipinski definition) is 4. The Morgan fingerprint density at radius 2 is 1.93 bits per heavy atom. The van der Waals surface area contributed by atoms with E-state index in [1.54, 1.807) is 7.11 Å². The molecule has 1 aliphatic rings. The first-order valence-corrected chi connectivity index (χ1v) is 8.47. The fourth-order valence-corrected chi connectivity index (χ4v) is 2.96. The summed E-state index contributed by atoms with van der Waals surface area (Å²) < 4.78 is 45.4. The maximum Gasteiger partial charge on any atom is 0.434 e. The number of amides is 1. The fourth-order valence-electron chi connectivity index (χ4n) is 2.96. The Kier molecular flexibility index (Phi) is 5.16. The molecule has 1 fully saturated rings. The summed E-state index contributed by atoms with van der Waals surface area (Å²) in [5.41, 5.74) is -2.29. The summed E-state index contributed by atoms with van der Waals surface area (Å²) in [5, 5.41) is 15.3. The van der Waals surface area contributed by atoms with Crippen LogP contribution in [0.3, 0.4) is 0 Å². The van der Waals surface area contributed by atoms with Crippen molar-refractivity contribution in [3.8, 4) is 5.69 Å². The number of alkyl halides is 3. The number of hydrogen-bond donors (Lipinski definition) is 2. The van der Waals surface area contributed by atoms with Gasteiger partial charge in [0.05, 0.1) is 17.3 Å². The van der Waals surface area contributed by atoms with Gasteiger partial charge in [0.1, 0.15) is 5.56 Å². The molecule has 3 rings (SSSR count). The first-order valence-electron chi connectivity index (χ1n) is 8.47. The Morgan fingerprint density at radius 1 is 1.29 bits per heavy atom. The summed E-state index contributed by atoms with van der Waals surface area (Å²) in [4.78, 5) is 23.5. The van der Waals surface area contributed by atoms with E-state index in [9.17, 15) is 22.8 Å². The first kappa shape index (κ1) is 19.9. The molecule has 1 aliphatic carbocycles. The highest BCUT2D eigenvalue weighted by Crippen LogP contribution is 2.49. The Labute approximate surface area is 158 Å². The molecule has 2 aromatic rings. The van der Waals surface area contributed by atoms with Gasteiger partial charge in [-0.1, -0.05) is 0 Å². The van der Waals surface area contributed by atoms with E-state index < -0.39 is 28.8 Å². The quantitative estimate of drug-likeness (QED) is 0.747. The highest BCUT2D eigenvalue weighted by atomic mass is 19.4. The number of carboxylic acid groups (broad SMARTS) is 1. The zero-order valence-electron chi connectivity index (χ0n) is 14.9. The van der Waals surface area contributed by atoms with Crippen LogP contribution >= 0.6 is 0 Å². The van der Waals surface area contributed by atoms with Crippen LogP contribution in [0.25, 0.3) is 5.69 Å². The molecule has 1 aromatic heterocycles. The minimum Gasteiger partial charge on any atom is -0.478 e. The summed E-state index contributed by atoms with van der Waals surface area (Å²) in [7, 11) is 1.56. The van der Waals surface area contributed by atoms with Crippen molar-refractivity contribution in [2.75, 3.05) is 19.0 Å². The predicted molar refractivity (Wildman–Crippen MR) is 92.3 cm³/mol. The van der Waals surface area contributed by atoms with Crippen LogP contribution in [0, 0.1) is 5.41 Å². The number of aromatic nitrogens is 2. The smallest absolute Gasteiger partial charge is 0.434 e. The molecule has 0 unspecified atom stereocenters. The van der Waals surface area contributed by atoms with Crippen LogP contribution in [0.2, 0.25) is 0 Å². The molecular weight excluding hydrogens is 379 g/mol. The molecule has 10 heteroatoms. The number of nitrogens with one attached hydrogen (secondary N) is 1. The van der Waals surface area contributed by atoms with E-state index >= 15 is 0 Å². The number of ether oxygens (including phenoxy) is 1. The van der Waals surface area contributed by atoms with Crippen molar-refractivity contribution in [2.45, 2.75) is 25.4 Å². The molecule has 1 aromatic carbocycles. The topological polar surface area (TPSA) is 93.5 Å². The molecule has 0 bridgehead atoms. The van der Waals surface area contributed by atoms with Crippen LogP contribution in [0.15, 0.2) is 30.5 Å². The van der Waals surface area contributed by atoms with Crippen molar-refractivity contribution in [2.24, 2.45) is 5.41 Å². The molecule has 1 amide bonds. The second-order valence-corrected chi connectivity index (χ2v) is 6.65. The maximum atomic E-state index is 13.3. The monoisotopic (exact) mass is 397 g/mol. The zero-order chi connectivity index (χ0) is 20.5. The molecule has 2 N–H and O–H groups in total. The Bertz CT molecular complexity index is 886. The summed E-state index contributed by atoms with van der Waals surface area (Å²) in [6.07, 6.45) is -2.10. The molecular formula is C18H18F3N3O4. The molecule has 0 atom stereocenters. The van der Waals surface area contributed by atoms with E-state index in [-0.39, 0.29) is 11.6 Å². The van der Waals surface area contributed by atoms with E-state index in [0.29, 0.717) is 29.6 Å². The molecule has 0 aliphatic heterocycles. The molecule has 28 heavy (non-hydrogen) atoms. The van der Waals surface area contributed by atoms with Crippen molar-refractivity contribution in [3.05, 3.63) is 41.7 Å². The van der Waals surface area contributed by atoms with Crippen LogP contribution in [0.5, 0.6) is 0 Å². The van der Waals surface area contributed by atoms with Crippen LogP contribution < -0.4 is 5.32 Å². The molecule has 1 saturated carbocycles. The van der Waals surface area contributed by atoms with Crippen molar-refractivity contribution < 1.29 is 32.6 Å². The van der Waals surface area contributed by atoms with Crippen LogP contribution in [-0.2, 0) is 15.7 Å². The van der Waals surface area contributed by atoms with E-state index in [2.05, 4.69) is 10.4 Å². The van der Waals surface area contributed by atoms with Gasteiger partial charge >= 0.3 is 12.1 Å². The number of carbonyl (C=O) groups is 2. The minimum absolute atomic E-state index is 0.0262. The number of rotatable bonds is 7. The third-order valence-corrected chi connectivity index (χ3v) is 4.76. The van der Waals surface area contributed by atoms with Crippen molar-refractivity contribution >= 4 is 17.6 Å². The van der Waals surface area contributed by atoms with Gasteiger partial charge < -0.3 is 15.2 Å². The van der Waals surface area contributed by atoms with E-state index in [1.165, 1.54) is 24.3 Å². The van der Waals surface area contributed by atoms with E-state index in [4.69, 9.17) is 9.84 Å². The average molecular weight is 397 g/mol. The first-order chi connectivity index (χ1) is 13.2. The number of halogens is 3. The van der Waals surface area contributed by atoms with Gasteiger partial charge in [0.25, 0.3) is 0 Å². The SMILES string of the molecule is COCCC1(C(=O)Nc2ccc(-n3ncc(C(=O)O)c3C(F)(F)F)cc2)CC1. The third kappa shape index (κ3) is 3.86. The number of nitrogens with zero attached hydrogens (tertiary/aromatic N) is 2.